The number of halogens is 1. The quantitative estimate of drug-likeness (QED) is 0.864. The van der Waals surface area contributed by atoms with E-state index in [1.165, 1.54) is 17.7 Å². The molecule has 1 aliphatic heterocycles. The van der Waals surface area contributed by atoms with Crippen LogP contribution in [-0.4, -0.2) is 36.6 Å². The second kappa shape index (κ2) is 5.15. The van der Waals surface area contributed by atoms with E-state index in [4.69, 9.17) is 0 Å². The molecule has 0 aliphatic carbocycles. The Bertz CT molecular complexity index is 359. The second-order valence-electron chi connectivity index (χ2n) is 5.46. The van der Waals surface area contributed by atoms with Crippen molar-refractivity contribution in [1.29, 1.82) is 0 Å². The van der Waals surface area contributed by atoms with E-state index in [1.807, 2.05) is 12.1 Å². The van der Waals surface area contributed by atoms with Gasteiger partial charge in [0.05, 0.1) is 0 Å². The first-order valence-electron chi connectivity index (χ1n) is 6.27. The molecule has 0 amide bonds. The molecule has 0 aromatic heterocycles. The summed E-state index contributed by atoms with van der Waals surface area (Å²) in [6.07, 6.45) is 0.996. The maximum atomic E-state index is 12.8. The van der Waals surface area contributed by atoms with Crippen LogP contribution in [0.2, 0.25) is 0 Å². The zero-order valence-electron chi connectivity index (χ0n) is 10.7. The number of benzene rings is 1. The lowest BCUT2D eigenvalue weighted by molar-refractivity contribution is 0.156. The van der Waals surface area contributed by atoms with Crippen molar-refractivity contribution in [1.82, 2.24) is 10.2 Å². The van der Waals surface area contributed by atoms with E-state index < -0.39 is 0 Å². The van der Waals surface area contributed by atoms with Crippen LogP contribution in [-0.2, 0) is 6.42 Å². The van der Waals surface area contributed by atoms with Crippen LogP contribution in [0.4, 0.5) is 4.39 Å². The zero-order valence-corrected chi connectivity index (χ0v) is 10.7. The molecule has 1 N–H and O–H groups in total. The summed E-state index contributed by atoms with van der Waals surface area (Å²) < 4.78 is 12.8. The van der Waals surface area contributed by atoms with Crippen LogP contribution in [0.15, 0.2) is 24.3 Å². The molecule has 0 radical (unpaired) electrons. The van der Waals surface area contributed by atoms with Crippen molar-refractivity contribution in [2.75, 3.05) is 26.2 Å². The normalized spacial score (nSPS) is 20.4. The van der Waals surface area contributed by atoms with Crippen LogP contribution >= 0.6 is 0 Å². The minimum absolute atomic E-state index is 0.156. The average molecular weight is 236 g/mol. The first-order valence-corrected chi connectivity index (χ1v) is 6.27. The maximum Gasteiger partial charge on any atom is 0.123 e. The minimum atomic E-state index is -0.156. The number of hydrogen-bond donors (Lipinski definition) is 1. The predicted molar refractivity (Wildman–Crippen MR) is 68.6 cm³/mol. The molecular weight excluding hydrogens is 215 g/mol. The van der Waals surface area contributed by atoms with Gasteiger partial charge in [0.15, 0.2) is 0 Å². The molecule has 0 atom stereocenters. The lowest BCUT2D eigenvalue weighted by atomic mass is 10.0. The van der Waals surface area contributed by atoms with Crippen molar-refractivity contribution in [3.63, 3.8) is 0 Å². The first-order chi connectivity index (χ1) is 8.05. The van der Waals surface area contributed by atoms with Gasteiger partial charge < -0.3 is 5.32 Å². The Morgan fingerprint density at radius 3 is 2.65 bits per heavy atom. The highest BCUT2D eigenvalue weighted by molar-refractivity contribution is 5.16. The van der Waals surface area contributed by atoms with Gasteiger partial charge in [-0.3, -0.25) is 4.90 Å². The molecule has 3 heteroatoms. The summed E-state index contributed by atoms with van der Waals surface area (Å²) in [5.41, 5.74) is 1.42. The molecule has 1 heterocycles. The van der Waals surface area contributed by atoms with Gasteiger partial charge in [-0.2, -0.15) is 0 Å². The van der Waals surface area contributed by atoms with Gasteiger partial charge in [-0.1, -0.05) is 12.1 Å². The third kappa shape index (κ3) is 3.79. The summed E-state index contributed by atoms with van der Waals surface area (Å²) >= 11 is 0. The van der Waals surface area contributed by atoms with Gasteiger partial charge >= 0.3 is 0 Å². The summed E-state index contributed by atoms with van der Waals surface area (Å²) in [4.78, 5) is 2.47. The van der Waals surface area contributed by atoms with Crippen LogP contribution in [0.1, 0.15) is 19.4 Å². The van der Waals surface area contributed by atoms with Crippen LogP contribution in [0, 0.1) is 5.82 Å². The molecule has 1 aliphatic rings. The fraction of sp³-hybridized carbons (Fsp3) is 0.571. The fourth-order valence-corrected chi connectivity index (χ4v) is 2.38. The van der Waals surface area contributed by atoms with Gasteiger partial charge in [0, 0.05) is 31.7 Å². The predicted octanol–water partition coefficient (Wildman–Crippen LogP) is 2.05. The maximum absolute atomic E-state index is 12.8. The highest BCUT2D eigenvalue weighted by Crippen LogP contribution is 2.11. The Morgan fingerprint density at radius 2 is 2.00 bits per heavy atom. The van der Waals surface area contributed by atoms with Gasteiger partial charge in [0.1, 0.15) is 5.82 Å². The zero-order chi connectivity index (χ0) is 12.3. The molecule has 0 unspecified atom stereocenters. The van der Waals surface area contributed by atoms with Crippen LogP contribution < -0.4 is 5.32 Å². The molecule has 1 aromatic carbocycles. The molecule has 2 rings (SSSR count). The van der Waals surface area contributed by atoms with E-state index in [9.17, 15) is 4.39 Å². The van der Waals surface area contributed by atoms with E-state index in [0.29, 0.717) is 0 Å². The Morgan fingerprint density at radius 1 is 1.29 bits per heavy atom. The highest BCUT2D eigenvalue weighted by Gasteiger charge is 2.24. The number of nitrogens with one attached hydrogen (secondary N) is 1. The third-order valence-electron chi connectivity index (χ3n) is 3.28. The SMILES string of the molecule is CC1(C)CN(CCc2ccc(F)cc2)CCN1. The molecule has 0 bridgehead atoms. The Labute approximate surface area is 103 Å². The summed E-state index contributed by atoms with van der Waals surface area (Å²) in [5.74, 6) is -0.156. The minimum Gasteiger partial charge on any atom is -0.309 e. The molecule has 1 fully saturated rings. The number of hydrogen-bond acceptors (Lipinski definition) is 2. The van der Waals surface area contributed by atoms with Gasteiger partial charge in [0.2, 0.25) is 0 Å². The lowest BCUT2D eigenvalue weighted by Crippen LogP contribution is -2.57. The lowest BCUT2D eigenvalue weighted by Gasteiger charge is -2.39. The molecule has 0 spiro atoms. The van der Waals surface area contributed by atoms with E-state index in [-0.39, 0.29) is 11.4 Å². The summed E-state index contributed by atoms with van der Waals surface area (Å²) in [7, 11) is 0. The van der Waals surface area contributed by atoms with E-state index in [0.717, 1.165) is 32.6 Å². The van der Waals surface area contributed by atoms with E-state index in [2.05, 4.69) is 24.1 Å². The molecule has 1 aromatic rings. The molecular formula is C14H21FN2. The molecule has 2 nitrogen and oxygen atoms in total. The number of nitrogens with zero attached hydrogens (tertiary/aromatic N) is 1. The number of piperazine rings is 1. The van der Waals surface area contributed by atoms with Crippen molar-refractivity contribution >= 4 is 0 Å². The van der Waals surface area contributed by atoms with Crippen molar-refractivity contribution in [2.24, 2.45) is 0 Å². The highest BCUT2D eigenvalue weighted by atomic mass is 19.1. The van der Waals surface area contributed by atoms with Gasteiger partial charge in [-0.15, -0.1) is 0 Å². The standard InChI is InChI=1S/C14H21FN2/c1-14(2)11-17(10-8-16-14)9-7-12-3-5-13(15)6-4-12/h3-6,16H,7-11H2,1-2H3. The van der Waals surface area contributed by atoms with Crippen molar-refractivity contribution in [2.45, 2.75) is 25.8 Å². The van der Waals surface area contributed by atoms with Crippen molar-refractivity contribution in [3.8, 4) is 0 Å². The van der Waals surface area contributed by atoms with Gasteiger partial charge in [0.25, 0.3) is 0 Å². The number of rotatable bonds is 3. The largest absolute Gasteiger partial charge is 0.309 e. The summed E-state index contributed by atoms with van der Waals surface area (Å²) in [6, 6.07) is 6.83. The summed E-state index contributed by atoms with van der Waals surface area (Å²) in [6.45, 7) is 8.75. The van der Waals surface area contributed by atoms with Crippen LogP contribution in [0.25, 0.3) is 0 Å². The Kier molecular flexibility index (Phi) is 3.79. The fourth-order valence-electron chi connectivity index (χ4n) is 2.38. The monoisotopic (exact) mass is 236 g/mol. The molecule has 94 valence electrons. The van der Waals surface area contributed by atoms with Crippen molar-refractivity contribution in [3.05, 3.63) is 35.6 Å². The first kappa shape index (κ1) is 12.5. The summed E-state index contributed by atoms with van der Waals surface area (Å²) in [5, 5.41) is 3.50. The second-order valence-corrected chi connectivity index (χ2v) is 5.46. The molecule has 0 saturated carbocycles. The Hall–Kier alpha value is -0.930. The van der Waals surface area contributed by atoms with Crippen molar-refractivity contribution < 1.29 is 4.39 Å². The Balaban J connectivity index is 1.84. The van der Waals surface area contributed by atoms with Crippen LogP contribution in [0.5, 0.6) is 0 Å². The molecule has 1 saturated heterocycles. The van der Waals surface area contributed by atoms with E-state index >= 15 is 0 Å². The average Bonchev–Trinajstić information content (AvgIpc) is 2.27. The topological polar surface area (TPSA) is 15.3 Å². The van der Waals surface area contributed by atoms with Gasteiger partial charge in [-0.25, -0.2) is 4.39 Å². The van der Waals surface area contributed by atoms with E-state index in [1.54, 1.807) is 0 Å². The van der Waals surface area contributed by atoms with Gasteiger partial charge in [-0.05, 0) is 38.0 Å². The third-order valence-corrected chi connectivity index (χ3v) is 3.28. The smallest absolute Gasteiger partial charge is 0.123 e. The van der Waals surface area contributed by atoms with Crippen LogP contribution in [0.3, 0.4) is 0 Å². The molecule has 17 heavy (non-hydrogen) atoms.